The first-order valence-electron chi connectivity index (χ1n) is 8.57. The van der Waals surface area contributed by atoms with Crippen LogP contribution in [0.25, 0.3) is 0 Å². The normalized spacial score (nSPS) is 10.3. The van der Waals surface area contributed by atoms with Gasteiger partial charge in [0.2, 0.25) is 5.91 Å². The van der Waals surface area contributed by atoms with Gasteiger partial charge in [-0.1, -0.05) is 18.2 Å². The van der Waals surface area contributed by atoms with Gasteiger partial charge in [-0.3, -0.25) is 4.79 Å². The molecule has 0 aliphatic carbocycles. The van der Waals surface area contributed by atoms with Crippen LogP contribution >= 0.6 is 0 Å². The Kier molecular flexibility index (Phi) is 7.74. The molecule has 0 radical (unpaired) electrons. The van der Waals surface area contributed by atoms with E-state index in [4.69, 9.17) is 14.2 Å². The van der Waals surface area contributed by atoms with Gasteiger partial charge in [-0.25, -0.2) is 4.39 Å². The fraction of sp³-hybridized carbons (Fsp3) is 0.350. The zero-order valence-corrected chi connectivity index (χ0v) is 15.1. The fourth-order valence-electron chi connectivity index (χ4n) is 2.36. The number of rotatable bonds is 10. The van der Waals surface area contributed by atoms with Gasteiger partial charge in [0.1, 0.15) is 0 Å². The predicted molar refractivity (Wildman–Crippen MR) is 97.1 cm³/mol. The van der Waals surface area contributed by atoms with E-state index in [9.17, 15) is 9.18 Å². The number of methoxy groups -OCH3 is 1. The van der Waals surface area contributed by atoms with Crippen molar-refractivity contribution in [2.75, 3.05) is 20.3 Å². The Morgan fingerprint density at radius 2 is 1.88 bits per heavy atom. The van der Waals surface area contributed by atoms with Crippen LogP contribution in [0.5, 0.6) is 17.2 Å². The Hall–Kier alpha value is -2.76. The van der Waals surface area contributed by atoms with E-state index in [1.165, 1.54) is 6.07 Å². The summed E-state index contributed by atoms with van der Waals surface area (Å²) in [5.74, 6) is 1.03. The number of halogens is 1. The molecule has 0 heterocycles. The van der Waals surface area contributed by atoms with Gasteiger partial charge in [-0.2, -0.15) is 0 Å². The van der Waals surface area contributed by atoms with Crippen molar-refractivity contribution in [1.29, 1.82) is 0 Å². The standard InChI is InChI=1S/C20H24FNO4/c1-3-25-18-11-10-15(13-19(18)24-2)14-22-20(23)9-6-12-26-17-8-5-4-7-16(17)21/h4-5,7-8,10-11,13H,3,6,9,12,14H2,1-2H3,(H,22,23). The van der Waals surface area contributed by atoms with E-state index in [2.05, 4.69) is 5.32 Å². The molecule has 0 unspecified atom stereocenters. The van der Waals surface area contributed by atoms with Crippen LogP contribution < -0.4 is 19.5 Å². The molecule has 5 nitrogen and oxygen atoms in total. The number of amides is 1. The lowest BCUT2D eigenvalue weighted by atomic mass is 10.2. The van der Waals surface area contributed by atoms with Gasteiger partial charge in [0.15, 0.2) is 23.1 Å². The molecule has 1 N–H and O–H groups in total. The van der Waals surface area contributed by atoms with Crippen LogP contribution in [0.1, 0.15) is 25.3 Å². The summed E-state index contributed by atoms with van der Waals surface area (Å²) >= 11 is 0. The Balaban J connectivity index is 1.72. The van der Waals surface area contributed by atoms with Crippen LogP contribution in [0.15, 0.2) is 42.5 Å². The Morgan fingerprint density at radius 3 is 2.62 bits per heavy atom. The van der Waals surface area contributed by atoms with Crippen LogP contribution in [-0.4, -0.2) is 26.2 Å². The summed E-state index contributed by atoms with van der Waals surface area (Å²) in [7, 11) is 1.58. The number of para-hydroxylation sites is 1. The zero-order valence-electron chi connectivity index (χ0n) is 15.1. The van der Waals surface area contributed by atoms with Gasteiger partial charge < -0.3 is 19.5 Å². The van der Waals surface area contributed by atoms with Crippen LogP contribution in [0.4, 0.5) is 4.39 Å². The largest absolute Gasteiger partial charge is 0.493 e. The molecule has 0 aliphatic heterocycles. The molecule has 0 fully saturated rings. The number of hydrogen-bond acceptors (Lipinski definition) is 4. The molecule has 0 aliphatic rings. The highest BCUT2D eigenvalue weighted by molar-refractivity contribution is 5.75. The minimum atomic E-state index is -0.401. The van der Waals surface area contributed by atoms with E-state index in [-0.39, 0.29) is 18.3 Å². The summed E-state index contributed by atoms with van der Waals surface area (Å²) in [6.07, 6.45) is 0.815. The summed E-state index contributed by atoms with van der Waals surface area (Å²) < 4.78 is 29.5. The summed E-state index contributed by atoms with van der Waals surface area (Å²) in [5.41, 5.74) is 0.918. The van der Waals surface area contributed by atoms with Gasteiger partial charge in [0, 0.05) is 13.0 Å². The third-order valence-electron chi connectivity index (χ3n) is 3.66. The molecule has 0 bridgehead atoms. The van der Waals surface area contributed by atoms with Crippen molar-refractivity contribution < 1.29 is 23.4 Å². The van der Waals surface area contributed by atoms with E-state index in [1.54, 1.807) is 25.3 Å². The SMILES string of the molecule is CCOc1ccc(CNC(=O)CCCOc2ccccc2F)cc1OC. The zero-order chi connectivity index (χ0) is 18.8. The Bertz CT molecular complexity index is 721. The van der Waals surface area contributed by atoms with E-state index in [0.29, 0.717) is 37.5 Å². The minimum absolute atomic E-state index is 0.0880. The first-order chi connectivity index (χ1) is 12.6. The average molecular weight is 361 g/mol. The molecule has 6 heteroatoms. The molecule has 2 aromatic rings. The molecule has 2 aromatic carbocycles. The van der Waals surface area contributed by atoms with Crippen molar-refractivity contribution >= 4 is 5.91 Å². The maximum atomic E-state index is 13.4. The Labute approximate surface area is 153 Å². The summed E-state index contributed by atoms with van der Waals surface area (Å²) in [6, 6.07) is 11.8. The van der Waals surface area contributed by atoms with Crippen molar-refractivity contribution in [1.82, 2.24) is 5.32 Å². The average Bonchev–Trinajstić information content (AvgIpc) is 2.66. The molecule has 0 atom stereocenters. The number of hydrogen-bond donors (Lipinski definition) is 1. The molecule has 140 valence electrons. The third kappa shape index (κ3) is 5.95. The van der Waals surface area contributed by atoms with Crippen molar-refractivity contribution in [2.45, 2.75) is 26.3 Å². The van der Waals surface area contributed by atoms with Crippen molar-refractivity contribution in [2.24, 2.45) is 0 Å². The molecule has 0 aromatic heterocycles. The first-order valence-corrected chi connectivity index (χ1v) is 8.57. The van der Waals surface area contributed by atoms with E-state index in [1.807, 2.05) is 25.1 Å². The third-order valence-corrected chi connectivity index (χ3v) is 3.66. The Morgan fingerprint density at radius 1 is 1.08 bits per heavy atom. The van der Waals surface area contributed by atoms with Crippen LogP contribution in [0.2, 0.25) is 0 Å². The fourth-order valence-corrected chi connectivity index (χ4v) is 2.36. The van der Waals surface area contributed by atoms with Gasteiger partial charge in [0.25, 0.3) is 0 Å². The second-order valence-electron chi connectivity index (χ2n) is 5.58. The highest BCUT2D eigenvalue weighted by atomic mass is 19.1. The first kappa shape index (κ1) is 19.6. The quantitative estimate of drug-likeness (QED) is 0.656. The molecule has 0 saturated carbocycles. The lowest BCUT2D eigenvalue weighted by molar-refractivity contribution is -0.121. The van der Waals surface area contributed by atoms with Gasteiger partial charge in [-0.05, 0) is 43.2 Å². The molecule has 1 amide bonds. The van der Waals surface area contributed by atoms with Crippen molar-refractivity contribution in [3.8, 4) is 17.2 Å². The van der Waals surface area contributed by atoms with E-state index in [0.717, 1.165) is 5.56 Å². The van der Waals surface area contributed by atoms with Crippen LogP contribution in [-0.2, 0) is 11.3 Å². The number of ether oxygens (including phenoxy) is 3. The van der Waals surface area contributed by atoms with Crippen LogP contribution in [0.3, 0.4) is 0 Å². The van der Waals surface area contributed by atoms with Gasteiger partial charge >= 0.3 is 0 Å². The van der Waals surface area contributed by atoms with Gasteiger partial charge in [0.05, 0.1) is 20.3 Å². The molecular weight excluding hydrogens is 337 g/mol. The van der Waals surface area contributed by atoms with Crippen molar-refractivity contribution in [3.63, 3.8) is 0 Å². The lowest BCUT2D eigenvalue weighted by Gasteiger charge is -2.11. The van der Waals surface area contributed by atoms with E-state index < -0.39 is 5.82 Å². The smallest absolute Gasteiger partial charge is 0.220 e. The monoisotopic (exact) mass is 361 g/mol. The lowest BCUT2D eigenvalue weighted by Crippen LogP contribution is -2.23. The summed E-state index contributed by atoms with van der Waals surface area (Å²) in [4.78, 5) is 11.9. The second-order valence-corrected chi connectivity index (χ2v) is 5.58. The van der Waals surface area contributed by atoms with Crippen LogP contribution in [0, 0.1) is 5.82 Å². The number of nitrogens with one attached hydrogen (secondary N) is 1. The summed E-state index contributed by atoms with van der Waals surface area (Å²) in [6.45, 7) is 3.14. The van der Waals surface area contributed by atoms with E-state index >= 15 is 0 Å². The highest BCUT2D eigenvalue weighted by Gasteiger charge is 2.07. The number of carbonyl (C=O) groups excluding carboxylic acids is 1. The number of benzene rings is 2. The maximum absolute atomic E-state index is 13.4. The highest BCUT2D eigenvalue weighted by Crippen LogP contribution is 2.27. The molecule has 0 saturated heterocycles. The minimum Gasteiger partial charge on any atom is -0.493 e. The number of carbonyl (C=O) groups is 1. The molecule has 26 heavy (non-hydrogen) atoms. The predicted octanol–water partition coefficient (Wildman–Crippen LogP) is 3.71. The second kappa shape index (κ2) is 10.3. The van der Waals surface area contributed by atoms with Gasteiger partial charge in [-0.15, -0.1) is 0 Å². The molecular formula is C20H24FNO4. The molecule has 2 rings (SSSR count). The summed E-state index contributed by atoms with van der Waals surface area (Å²) in [5, 5.41) is 2.85. The molecule has 0 spiro atoms. The maximum Gasteiger partial charge on any atom is 0.220 e. The van der Waals surface area contributed by atoms with Crippen molar-refractivity contribution in [3.05, 3.63) is 53.8 Å². The topological polar surface area (TPSA) is 56.8 Å².